The van der Waals surface area contributed by atoms with Crippen LogP contribution in [0.5, 0.6) is 0 Å². The lowest BCUT2D eigenvalue weighted by Crippen LogP contribution is -2.56. The van der Waals surface area contributed by atoms with Gasteiger partial charge in [-0.1, -0.05) is 6.42 Å². The summed E-state index contributed by atoms with van der Waals surface area (Å²) in [5, 5.41) is 13.0. The van der Waals surface area contributed by atoms with Crippen LogP contribution >= 0.6 is 0 Å². The molecule has 0 aromatic heterocycles. The van der Waals surface area contributed by atoms with Crippen LogP contribution in [-0.4, -0.2) is 49.3 Å². The van der Waals surface area contributed by atoms with Crippen molar-refractivity contribution in [3.05, 3.63) is 0 Å². The van der Waals surface area contributed by atoms with Crippen LogP contribution in [0.1, 0.15) is 32.1 Å². The zero-order valence-corrected chi connectivity index (χ0v) is 10.7. The number of rotatable bonds is 7. The lowest BCUT2D eigenvalue weighted by atomic mass is 9.84. The molecule has 0 bridgehead atoms. The molecule has 16 heavy (non-hydrogen) atoms. The van der Waals surface area contributed by atoms with Gasteiger partial charge in [0.15, 0.2) is 0 Å². The quantitative estimate of drug-likeness (QED) is 0.682. The number of nitrogens with zero attached hydrogens (tertiary/aromatic N) is 1. The number of nitrogens with one attached hydrogen (secondary N) is 1. The summed E-state index contributed by atoms with van der Waals surface area (Å²) >= 11 is 0. The Hall–Kier alpha value is -0.120. The zero-order valence-electron chi connectivity index (χ0n) is 10.7. The molecule has 1 unspecified atom stereocenters. The van der Waals surface area contributed by atoms with Gasteiger partial charge < -0.3 is 15.3 Å². The van der Waals surface area contributed by atoms with Crippen molar-refractivity contribution in [2.45, 2.75) is 37.6 Å². The van der Waals surface area contributed by atoms with Gasteiger partial charge in [-0.05, 0) is 51.6 Å². The molecule has 94 valence electrons. The molecule has 0 aliphatic heterocycles. The van der Waals surface area contributed by atoms with Crippen molar-refractivity contribution in [2.24, 2.45) is 11.8 Å². The smallest absolute Gasteiger partial charge is 0.0628 e. The van der Waals surface area contributed by atoms with Crippen molar-refractivity contribution in [2.75, 3.05) is 33.8 Å². The molecular formula is C13H26N2O. The number of hydrogen-bond acceptors (Lipinski definition) is 3. The average molecular weight is 226 g/mol. The lowest BCUT2D eigenvalue weighted by Gasteiger charge is -2.38. The summed E-state index contributed by atoms with van der Waals surface area (Å²) in [4.78, 5) is 2.41. The van der Waals surface area contributed by atoms with Crippen LogP contribution in [-0.2, 0) is 0 Å². The van der Waals surface area contributed by atoms with Gasteiger partial charge in [-0.15, -0.1) is 0 Å². The molecule has 0 saturated heterocycles. The van der Waals surface area contributed by atoms with Crippen LogP contribution < -0.4 is 5.32 Å². The van der Waals surface area contributed by atoms with Crippen LogP contribution in [0.25, 0.3) is 0 Å². The largest absolute Gasteiger partial charge is 0.394 e. The molecule has 2 saturated carbocycles. The van der Waals surface area contributed by atoms with Crippen molar-refractivity contribution in [3.63, 3.8) is 0 Å². The Morgan fingerprint density at radius 1 is 1.31 bits per heavy atom. The molecule has 0 spiro atoms. The summed E-state index contributed by atoms with van der Waals surface area (Å²) in [7, 11) is 4.19. The monoisotopic (exact) mass is 226 g/mol. The molecule has 0 amide bonds. The van der Waals surface area contributed by atoms with Crippen LogP contribution in [0.15, 0.2) is 0 Å². The van der Waals surface area contributed by atoms with Gasteiger partial charge in [0, 0.05) is 13.1 Å². The van der Waals surface area contributed by atoms with E-state index < -0.39 is 0 Å². The molecule has 0 aromatic rings. The first-order valence-corrected chi connectivity index (χ1v) is 6.68. The summed E-state index contributed by atoms with van der Waals surface area (Å²) < 4.78 is 0. The Kier molecular flexibility index (Phi) is 3.88. The third-order valence-corrected chi connectivity index (χ3v) is 4.49. The van der Waals surface area contributed by atoms with Gasteiger partial charge in [-0.2, -0.15) is 0 Å². The van der Waals surface area contributed by atoms with Crippen LogP contribution in [0.3, 0.4) is 0 Å². The normalized spacial score (nSPS) is 25.5. The molecule has 3 nitrogen and oxygen atoms in total. The molecule has 2 rings (SSSR count). The Morgan fingerprint density at radius 2 is 2.00 bits per heavy atom. The molecule has 3 heteroatoms. The molecule has 0 aromatic carbocycles. The van der Waals surface area contributed by atoms with E-state index in [9.17, 15) is 5.11 Å². The van der Waals surface area contributed by atoms with Gasteiger partial charge in [-0.3, -0.25) is 0 Å². The minimum absolute atomic E-state index is 0.0432. The predicted octanol–water partition coefficient (Wildman–Crippen LogP) is 1.08. The Morgan fingerprint density at radius 3 is 2.38 bits per heavy atom. The maximum absolute atomic E-state index is 9.65. The minimum atomic E-state index is -0.0432. The highest BCUT2D eigenvalue weighted by Crippen LogP contribution is 2.40. The third-order valence-electron chi connectivity index (χ3n) is 4.49. The van der Waals surface area contributed by atoms with Gasteiger partial charge in [0.25, 0.3) is 0 Å². The second-order valence-corrected chi connectivity index (χ2v) is 5.83. The van der Waals surface area contributed by atoms with Crippen molar-refractivity contribution in [1.82, 2.24) is 10.2 Å². The van der Waals surface area contributed by atoms with Gasteiger partial charge in [-0.25, -0.2) is 0 Å². The number of aliphatic hydroxyl groups is 1. The number of aliphatic hydroxyl groups excluding tert-OH is 1. The van der Waals surface area contributed by atoms with Gasteiger partial charge in [0.1, 0.15) is 0 Å². The topological polar surface area (TPSA) is 35.5 Å². The van der Waals surface area contributed by atoms with Crippen molar-refractivity contribution < 1.29 is 5.11 Å². The highest BCUT2D eigenvalue weighted by atomic mass is 16.3. The van der Waals surface area contributed by atoms with E-state index in [4.69, 9.17) is 0 Å². The van der Waals surface area contributed by atoms with E-state index in [1.54, 1.807) is 0 Å². The van der Waals surface area contributed by atoms with Gasteiger partial charge in [0.2, 0.25) is 0 Å². The van der Waals surface area contributed by atoms with Gasteiger partial charge in [0.05, 0.1) is 12.1 Å². The fourth-order valence-electron chi connectivity index (χ4n) is 2.97. The van der Waals surface area contributed by atoms with Crippen LogP contribution in [0, 0.1) is 11.8 Å². The molecule has 0 radical (unpaired) electrons. The molecule has 2 fully saturated rings. The van der Waals surface area contributed by atoms with E-state index in [2.05, 4.69) is 17.3 Å². The number of likely N-dealkylation sites (N-methyl/N-ethyl adjacent to an activating group) is 2. The van der Waals surface area contributed by atoms with Crippen molar-refractivity contribution in [3.8, 4) is 0 Å². The third kappa shape index (κ3) is 2.58. The first-order chi connectivity index (χ1) is 7.70. The molecule has 1 atom stereocenters. The Balaban J connectivity index is 1.83. The highest BCUT2D eigenvalue weighted by Gasteiger charge is 2.44. The summed E-state index contributed by atoms with van der Waals surface area (Å²) in [6.07, 6.45) is 6.77. The zero-order chi connectivity index (χ0) is 11.6. The first kappa shape index (κ1) is 12.3. The highest BCUT2D eigenvalue weighted by molar-refractivity contribution is 5.02. The summed E-state index contributed by atoms with van der Waals surface area (Å²) in [5.41, 5.74) is -0.0432. The predicted molar refractivity (Wildman–Crippen MR) is 66.4 cm³/mol. The Bertz CT molecular complexity index is 220. The standard InChI is InChI=1S/C13H26N2O/c1-14-13(10-16,12-6-7-12)9-15(2)8-11-4-3-5-11/h11-12,14,16H,3-10H2,1-2H3. The molecular weight excluding hydrogens is 200 g/mol. The molecule has 0 heterocycles. The molecule has 2 N–H and O–H groups in total. The Labute approximate surface area is 99.2 Å². The summed E-state index contributed by atoms with van der Waals surface area (Å²) in [6, 6.07) is 0. The average Bonchev–Trinajstić information content (AvgIpc) is 3.04. The number of hydrogen-bond donors (Lipinski definition) is 2. The van der Waals surface area contributed by atoms with E-state index in [1.807, 2.05) is 7.05 Å². The lowest BCUT2D eigenvalue weighted by molar-refractivity contribution is 0.0925. The summed E-state index contributed by atoms with van der Waals surface area (Å²) in [5.74, 6) is 1.60. The fraction of sp³-hybridized carbons (Fsp3) is 1.00. The van der Waals surface area contributed by atoms with Crippen LogP contribution in [0.2, 0.25) is 0 Å². The molecule has 2 aliphatic carbocycles. The minimum Gasteiger partial charge on any atom is -0.394 e. The maximum Gasteiger partial charge on any atom is 0.0628 e. The second-order valence-electron chi connectivity index (χ2n) is 5.83. The fourth-order valence-corrected chi connectivity index (χ4v) is 2.97. The first-order valence-electron chi connectivity index (χ1n) is 6.68. The van der Waals surface area contributed by atoms with Crippen molar-refractivity contribution in [1.29, 1.82) is 0 Å². The maximum atomic E-state index is 9.65. The second kappa shape index (κ2) is 5.03. The van der Waals surface area contributed by atoms with E-state index in [0.29, 0.717) is 5.92 Å². The van der Waals surface area contributed by atoms with E-state index in [-0.39, 0.29) is 12.1 Å². The van der Waals surface area contributed by atoms with Gasteiger partial charge >= 0.3 is 0 Å². The van der Waals surface area contributed by atoms with Crippen molar-refractivity contribution >= 4 is 0 Å². The molecule has 2 aliphatic rings. The summed E-state index contributed by atoms with van der Waals surface area (Å²) in [6.45, 7) is 2.46. The van der Waals surface area contributed by atoms with E-state index in [1.165, 1.54) is 38.6 Å². The van der Waals surface area contributed by atoms with E-state index in [0.717, 1.165) is 12.5 Å². The SMILES string of the molecule is CNC(CO)(CN(C)CC1CCC1)C1CC1. The van der Waals surface area contributed by atoms with E-state index >= 15 is 0 Å². The van der Waals surface area contributed by atoms with Crippen LogP contribution in [0.4, 0.5) is 0 Å².